The van der Waals surface area contributed by atoms with Crippen molar-refractivity contribution in [2.24, 2.45) is 17.8 Å². The average Bonchev–Trinajstić information content (AvgIpc) is 3.49. The molecule has 6 nitrogen and oxygen atoms in total. The quantitative estimate of drug-likeness (QED) is 0.546. The molecule has 1 saturated heterocycles. The van der Waals surface area contributed by atoms with Crippen LogP contribution in [0.2, 0.25) is 0 Å². The zero-order valence-corrected chi connectivity index (χ0v) is 21.6. The van der Waals surface area contributed by atoms with Gasteiger partial charge in [0.2, 0.25) is 0 Å². The van der Waals surface area contributed by atoms with E-state index < -0.39 is 0 Å². The van der Waals surface area contributed by atoms with Crippen molar-refractivity contribution in [3.8, 4) is 10.4 Å². The molecule has 2 fully saturated rings. The van der Waals surface area contributed by atoms with Crippen LogP contribution < -0.4 is 5.32 Å². The second-order valence-electron chi connectivity index (χ2n) is 10.2. The van der Waals surface area contributed by atoms with E-state index in [4.69, 9.17) is 0 Å². The van der Waals surface area contributed by atoms with Crippen LogP contribution in [0.3, 0.4) is 0 Å². The summed E-state index contributed by atoms with van der Waals surface area (Å²) in [5.41, 5.74) is 3.93. The third-order valence-electron chi connectivity index (χ3n) is 7.38. The van der Waals surface area contributed by atoms with Crippen LogP contribution in [0, 0.1) is 38.5 Å². The lowest BCUT2D eigenvalue weighted by Gasteiger charge is -2.28. The van der Waals surface area contributed by atoms with Gasteiger partial charge in [0, 0.05) is 18.8 Å². The van der Waals surface area contributed by atoms with Gasteiger partial charge in [-0.3, -0.25) is 9.59 Å². The average molecular weight is 489 g/mol. The first-order valence-corrected chi connectivity index (χ1v) is 13.2. The summed E-state index contributed by atoms with van der Waals surface area (Å²) in [6, 6.07) is 13.6. The molecule has 2 amide bonds. The minimum atomic E-state index is -0.194. The van der Waals surface area contributed by atoms with E-state index in [0.717, 1.165) is 46.1 Å². The number of benzene rings is 1. The fourth-order valence-electron chi connectivity index (χ4n) is 5.89. The number of amides is 2. The van der Waals surface area contributed by atoms with Crippen molar-refractivity contribution in [1.82, 2.24) is 20.2 Å². The van der Waals surface area contributed by atoms with Crippen molar-refractivity contribution in [2.75, 3.05) is 13.1 Å². The molecular weight excluding hydrogens is 456 g/mol. The monoisotopic (exact) mass is 488 g/mol. The lowest BCUT2D eigenvalue weighted by atomic mass is 9.93. The number of pyridine rings is 1. The molecule has 4 atom stereocenters. The molecule has 0 radical (unpaired) electrons. The molecule has 1 aliphatic heterocycles. The van der Waals surface area contributed by atoms with E-state index in [1.807, 2.05) is 43.0 Å². The molecule has 0 bridgehead atoms. The van der Waals surface area contributed by atoms with Gasteiger partial charge in [-0.15, -0.1) is 11.3 Å². The maximum atomic E-state index is 14.0. The minimum Gasteiger partial charge on any atom is -0.349 e. The molecule has 0 spiro atoms. The van der Waals surface area contributed by atoms with Gasteiger partial charge in [-0.1, -0.05) is 42.8 Å². The molecule has 1 unspecified atom stereocenters. The first-order valence-electron chi connectivity index (χ1n) is 12.4. The van der Waals surface area contributed by atoms with Crippen molar-refractivity contribution < 1.29 is 9.59 Å². The molecule has 1 N–H and O–H groups in total. The highest BCUT2D eigenvalue weighted by Gasteiger charge is 2.48. The molecule has 182 valence electrons. The smallest absolute Gasteiger partial charge is 0.274 e. The van der Waals surface area contributed by atoms with Gasteiger partial charge in [-0.2, -0.15) is 0 Å². The fraction of sp³-hybridized carbons (Fsp3) is 0.429. The second-order valence-corrected chi connectivity index (χ2v) is 11.4. The van der Waals surface area contributed by atoms with Crippen molar-refractivity contribution >= 4 is 23.2 Å². The molecule has 3 heterocycles. The Morgan fingerprint density at radius 3 is 2.66 bits per heavy atom. The predicted octanol–water partition coefficient (Wildman–Crippen LogP) is 5.05. The molecule has 2 aromatic heterocycles. The Labute approximate surface area is 210 Å². The number of nitrogens with zero attached hydrogens (tertiary/aromatic N) is 3. The van der Waals surface area contributed by atoms with E-state index in [9.17, 15) is 9.59 Å². The lowest BCUT2D eigenvalue weighted by Crippen LogP contribution is -2.46. The molecule has 5 rings (SSSR count). The number of carbonyl (C=O) groups is 2. The van der Waals surface area contributed by atoms with Gasteiger partial charge in [-0.05, 0) is 69.1 Å². The largest absolute Gasteiger partial charge is 0.349 e. The summed E-state index contributed by atoms with van der Waals surface area (Å²) in [7, 11) is 0. The second kappa shape index (κ2) is 9.53. The predicted molar refractivity (Wildman–Crippen MR) is 139 cm³/mol. The third kappa shape index (κ3) is 4.74. The Balaban J connectivity index is 1.41. The summed E-state index contributed by atoms with van der Waals surface area (Å²) in [5.74, 6) is 1.28. The summed E-state index contributed by atoms with van der Waals surface area (Å²) in [6.45, 7) is 9.33. The zero-order valence-electron chi connectivity index (χ0n) is 20.7. The number of fused-ring (bicyclic) bond motifs is 1. The van der Waals surface area contributed by atoms with Crippen LogP contribution in [0.5, 0.6) is 0 Å². The van der Waals surface area contributed by atoms with Crippen LogP contribution in [0.4, 0.5) is 0 Å². The number of aromatic nitrogens is 2. The number of thiazole rings is 1. The van der Waals surface area contributed by atoms with Crippen LogP contribution >= 0.6 is 11.3 Å². The minimum absolute atomic E-state index is 0.0270. The molecule has 1 saturated carbocycles. The zero-order chi connectivity index (χ0) is 24.7. The fourth-order valence-corrected chi connectivity index (χ4v) is 6.79. The normalized spacial score (nSPS) is 23.4. The number of nitrogens with one attached hydrogen (secondary N) is 1. The van der Waals surface area contributed by atoms with E-state index >= 15 is 0 Å². The van der Waals surface area contributed by atoms with Gasteiger partial charge < -0.3 is 10.2 Å². The van der Waals surface area contributed by atoms with Crippen LogP contribution in [0.15, 0.2) is 42.5 Å². The number of likely N-dealkylation sites (tertiary alicyclic amines) is 1. The maximum absolute atomic E-state index is 14.0. The van der Waals surface area contributed by atoms with E-state index in [-0.39, 0.29) is 17.9 Å². The Morgan fingerprint density at radius 2 is 1.89 bits per heavy atom. The Bertz CT molecular complexity index is 1270. The van der Waals surface area contributed by atoms with Gasteiger partial charge in [0.05, 0.1) is 15.9 Å². The number of carbonyl (C=O) groups excluding carboxylic acids is 2. The summed E-state index contributed by atoms with van der Waals surface area (Å²) >= 11 is 1.57. The molecule has 1 aliphatic carbocycles. The van der Waals surface area contributed by atoms with Gasteiger partial charge >= 0.3 is 0 Å². The van der Waals surface area contributed by atoms with Gasteiger partial charge in [0.1, 0.15) is 11.4 Å². The van der Waals surface area contributed by atoms with Gasteiger partial charge in [0.25, 0.3) is 11.8 Å². The molecule has 1 aromatic carbocycles. The SMILES string of the molecule is Cc1cccc(-c2sc(C)nc2C(=O)N2C[C@@H]3CC(C)C[C@@H]3[C@H]2CNC(=O)c2cccc(C)n2)c1. The highest BCUT2D eigenvalue weighted by molar-refractivity contribution is 7.15. The maximum Gasteiger partial charge on any atom is 0.274 e. The highest BCUT2D eigenvalue weighted by atomic mass is 32.1. The topological polar surface area (TPSA) is 75.2 Å². The molecule has 7 heteroatoms. The van der Waals surface area contributed by atoms with Crippen molar-refractivity contribution in [2.45, 2.75) is 46.6 Å². The summed E-state index contributed by atoms with van der Waals surface area (Å²) < 4.78 is 0. The Morgan fingerprint density at radius 1 is 1.09 bits per heavy atom. The number of hydrogen-bond acceptors (Lipinski definition) is 5. The highest BCUT2D eigenvalue weighted by Crippen LogP contribution is 2.45. The van der Waals surface area contributed by atoms with Crippen molar-refractivity contribution in [3.63, 3.8) is 0 Å². The van der Waals surface area contributed by atoms with Crippen LogP contribution in [-0.2, 0) is 0 Å². The number of hydrogen-bond donors (Lipinski definition) is 1. The molecule has 3 aromatic rings. The van der Waals surface area contributed by atoms with E-state index in [1.165, 1.54) is 0 Å². The van der Waals surface area contributed by atoms with E-state index in [1.54, 1.807) is 17.4 Å². The van der Waals surface area contributed by atoms with Crippen LogP contribution in [0.1, 0.15) is 57.0 Å². The Kier molecular flexibility index (Phi) is 6.45. The molecular formula is C28H32N4O2S. The van der Waals surface area contributed by atoms with Gasteiger partial charge in [-0.25, -0.2) is 9.97 Å². The lowest BCUT2D eigenvalue weighted by molar-refractivity contribution is 0.0692. The van der Waals surface area contributed by atoms with Crippen molar-refractivity contribution in [3.05, 3.63) is 70.1 Å². The van der Waals surface area contributed by atoms with E-state index in [0.29, 0.717) is 35.7 Å². The van der Waals surface area contributed by atoms with Crippen molar-refractivity contribution in [1.29, 1.82) is 0 Å². The summed E-state index contributed by atoms with van der Waals surface area (Å²) in [6.07, 6.45) is 2.21. The standard InChI is InChI=1S/C28H32N4O2S/c1-16-7-5-9-20(11-16)26-25(31-19(4)35-26)28(34)32-15-21-12-17(2)13-22(21)24(32)14-29-27(33)23-10-6-8-18(3)30-23/h5-11,17,21-22,24H,12-15H2,1-4H3,(H,29,33)/t17?,21-,22-,24+/m0/s1. The summed E-state index contributed by atoms with van der Waals surface area (Å²) in [5, 5.41) is 3.96. The van der Waals surface area contributed by atoms with Gasteiger partial charge in [0.15, 0.2) is 0 Å². The van der Waals surface area contributed by atoms with E-state index in [2.05, 4.69) is 41.3 Å². The number of aryl methyl sites for hydroxylation is 3. The molecule has 35 heavy (non-hydrogen) atoms. The first kappa shape index (κ1) is 23.7. The molecule has 2 aliphatic rings. The third-order valence-corrected chi connectivity index (χ3v) is 8.40. The number of rotatable bonds is 5. The first-order chi connectivity index (χ1) is 16.8. The Hall–Kier alpha value is -3.06. The van der Waals surface area contributed by atoms with Crippen LogP contribution in [0.25, 0.3) is 10.4 Å². The van der Waals surface area contributed by atoms with Crippen LogP contribution in [-0.4, -0.2) is 45.8 Å². The summed E-state index contributed by atoms with van der Waals surface area (Å²) in [4.78, 5) is 38.8.